The fourth-order valence-electron chi connectivity index (χ4n) is 2.34. The Kier molecular flexibility index (Phi) is 3.76. The van der Waals surface area contributed by atoms with E-state index in [9.17, 15) is 4.79 Å². The molecule has 21 heavy (non-hydrogen) atoms. The lowest BCUT2D eigenvalue weighted by atomic mass is 9.95. The van der Waals surface area contributed by atoms with Crippen LogP contribution in [-0.2, 0) is 4.79 Å². The van der Waals surface area contributed by atoms with E-state index in [-0.39, 0.29) is 11.8 Å². The number of rotatable bonds is 2. The molecule has 3 nitrogen and oxygen atoms in total. The molecule has 0 bridgehead atoms. The van der Waals surface area contributed by atoms with E-state index in [0.29, 0.717) is 6.42 Å². The Hall–Kier alpha value is -2.13. The fourth-order valence-corrected chi connectivity index (χ4v) is 2.47. The first-order valence-corrected chi connectivity index (χ1v) is 7.24. The van der Waals surface area contributed by atoms with Gasteiger partial charge in [0, 0.05) is 17.4 Å². The van der Waals surface area contributed by atoms with Crippen molar-refractivity contribution < 1.29 is 4.79 Å². The van der Waals surface area contributed by atoms with Crippen LogP contribution in [0.5, 0.6) is 0 Å². The van der Waals surface area contributed by atoms with Crippen LogP contribution in [0.2, 0.25) is 5.02 Å². The molecule has 0 saturated heterocycles. The number of amides is 1. The predicted octanol–water partition coefficient (Wildman–Crippen LogP) is 3.87. The van der Waals surface area contributed by atoms with Crippen molar-refractivity contribution in [2.45, 2.75) is 13.3 Å². The molecule has 106 valence electrons. The van der Waals surface area contributed by atoms with Gasteiger partial charge in [0.25, 0.3) is 0 Å². The monoisotopic (exact) mass is 298 g/mol. The lowest BCUT2D eigenvalue weighted by molar-refractivity contribution is -0.124. The summed E-state index contributed by atoms with van der Waals surface area (Å²) in [6, 6.07) is 15.9. The van der Waals surface area contributed by atoms with Crippen LogP contribution in [0.15, 0.2) is 53.6 Å². The molecule has 0 radical (unpaired) electrons. The second-order valence-corrected chi connectivity index (χ2v) is 5.66. The summed E-state index contributed by atoms with van der Waals surface area (Å²) in [5.74, 6) is -0.0509. The number of halogens is 1. The minimum Gasteiger partial charge on any atom is -0.273 e. The Morgan fingerprint density at radius 2 is 1.52 bits per heavy atom. The first kappa shape index (κ1) is 13.8. The van der Waals surface area contributed by atoms with E-state index in [2.05, 4.69) is 22.7 Å². The SMILES string of the molecule is CC1CC(c2ccc(-c3ccc(Cl)cc3)cc2)=NNC1=O. The highest BCUT2D eigenvalue weighted by Crippen LogP contribution is 2.23. The number of hydrazone groups is 1. The van der Waals surface area contributed by atoms with Gasteiger partial charge in [0.2, 0.25) is 5.91 Å². The number of benzene rings is 2. The summed E-state index contributed by atoms with van der Waals surface area (Å²) in [6.45, 7) is 1.91. The zero-order valence-electron chi connectivity index (χ0n) is 11.6. The van der Waals surface area contributed by atoms with Gasteiger partial charge in [0.1, 0.15) is 0 Å². The summed E-state index contributed by atoms with van der Waals surface area (Å²) >= 11 is 5.90. The average molecular weight is 299 g/mol. The maximum absolute atomic E-state index is 11.4. The maximum Gasteiger partial charge on any atom is 0.243 e. The third-order valence-electron chi connectivity index (χ3n) is 3.64. The number of carbonyl (C=O) groups excluding carboxylic acids is 1. The quantitative estimate of drug-likeness (QED) is 0.898. The van der Waals surface area contributed by atoms with Gasteiger partial charge in [-0.1, -0.05) is 54.9 Å². The van der Waals surface area contributed by atoms with Crippen molar-refractivity contribution >= 4 is 23.2 Å². The molecule has 0 aliphatic carbocycles. The Morgan fingerprint density at radius 1 is 1.00 bits per heavy atom. The minimum atomic E-state index is -0.0339. The number of nitrogens with one attached hydrogen (secondary N) is 1. The van der Waals surface area contributed by atoms with Gasteiger partial charge in [-0.25, -0.2) is 5.43 Å². The molecule has 0 spiro atoms. The van der Waals surface area contributed by atoms with Crippen molar-refractivity contribution in [3.05, 3.63) is 59.1 Å². The van der Waals surface area contributed by atoms with Crippen LogP contribution in [0.1, 0.15) is 18.9 Å². The van der Waals surface area contributed by atoms with Gasteiger partial charge in [-0.2, -0.15) is 5.10 Å². The number of carbonyl (C=O) groups is 1. The van der Waals surface area contributed by atoms with Crippen LogP contribution < -0.4 is 5.43 Å². The summed E-state index contributed by atoms with van der Waals surface area (Å²) in [5.41, 5.74) is 6.78. The predicted molar refractivity (Wildman–Crippen MR) is 85.3 cm³/mol. The van der Waals surface area contributed by atoms with E-state index in [0.717, 1.165) is 27.4 Å². The van der Waals surface area contributed by atoms with Crippen molar-refractivity contribution in [1.29, 1.82) is 0 Å². The Balaban J connectivity index is 1.84. The van der Waals surface area contributed by atoms with E-state index in [4.69, 9.17) is 11.6 Å². The molecule has 3 rings (SSSR count). The second-order valence-electron chi connectivity index (χ2n) is 5.22. The molecule has 1 amide bonds. The average Bonchev–Trinajstić information content (AvgIpc) is 2.51. The standard InChI is InChI=1S/C17H15ClN2O/c1-11-10-16(19-20-17(11)21)14-4-2-12(3-5-14)13-6-8-15(18)9-7-13/h2-9,11H,10H2,1H3,(H,20,21). The van der Waals surface area contributed by atoms with Crippen molar-refractivity contribution in [3.63, 3.8) is 0 Å². The van der Waals surface area contributed by atoms with Crippen LogP contribution in [0.4, 0.5) is 0 Å². The third kappa shape index (κ3) is 2.98. The van der Waals surface area contributed by atoms with Crippen LogP contribution >= 0.6 is 11.6 Å². The largest absolute Gasteiger partial charge is 0.273 e. The number of nitrogens with zero attached hydrogens (tertiary/aromatic N) is 1. The summed E-state index contributed by atoms with van der Waals surface area (Å²) in [4.78, 5) is 11.4. The molecule has 1 aliphatic heterocycles. The topological polar surface area (TPSA) is 41.5 Å². The summed E-state index contributed by atoms with van der Waals surface area (Å²) in [5, 5.41) is 4.88. The van der Waals surface area contributed by atoms with Gasteiger partial charge < -0.3 is 0 Å². The van der Waals surface area contributed by atoms with Gasteiger partial charge in [0.05, 0.1) is 5.71 Å². The Bertz CT molecular complexity index is 690. The Morgan fingerprint density at radius 3 is 2.10 bits per heavy atom. The zero-order chi connectivity index (χ0) is 14.8. The van der Waals surface area contributed by atoms with Crippen molar-refractivity contribution in [3.8, 4) is 11.1 Å². The van der Waals surface area contributed by atoms with Crippen LogP contribution in [0.3, 0.4) is 0 Å². The second kappa shape index (κ2) is 5.70. The summed E-state index contributed by atoms with van der Waals surface area (Å²) in [6.07, 6.45) is 0.673. The minimum absolute atomic E-state index is 0.0171. The van der Waals surface area contributed by atoms with Gasteiger partial charge in [-0.05, 0) is 28.8 Å². The fraction of sp³-hybridized carbons (Fsp3) is 0.176. The lowest BCUT2D eigenvalue weighted by Crippen LogP contribution is -2.33. The first-order chi connectivity index (χ1) is 10.1. The molecule has 1 aliphatic rings. The van der Waals surface area contributed by atoms with Crippen molar-refractivity contribution in [2.24, 2.45) is 11.0 Å². The highest BCUT2D eigenvalue weighted by atomic mass is 35.5. The molecule has 0 saturated carbocycles. The summed E-state index contributed by atoms with van der Waals surface area (Å²) < 4.78 is 0. The van der Waals surface area contributed by atoms with E-state index in [1.165, 1.54) is 0 Å². The lowest BCUT2D eigenvalue weighted by Gasteiger charge is -2.18. The molecule has 2 aromatic carbocycles. The molecular weight excluding hydrogens is 284 g/mol. The molecule has 1 unspecified atom stereocenters. The molecule has 1 heterocycles. The maximum atomic E-state index is 11.4. The smallest absolute Gasteiger partial charge is 0.243 e. The number of hydrogen-bond donors (Lipinski definition) is 1. The van der Waals surface area contributed by atoms with Crippen molar-refractivity contribution in [2.75, 3.05) is 0 Å². The normalized spacial score (nSPS) is 18.1. The van der Waals surface area contributed by atoms with Gasteiger partial charge >= 0.3 is 0 Å². The van der Waals surface area contributed by atoms with E-state index in [1.807, 2.05) is 43.3 Å². The molecule has 4 heteroatoms. The molecule has 0 aromatic heterocycles. The highest BCUT2D eigenvalue weighted by Gasteiger charge is 2.21. The Labute approximate surface area is 128 Å². The van der Waals surface area contributed by atoms with Crippen LogP contribution in [-0.4, -0.2) is 11.6 Å². The molecule has 0 fully saturated rings. The van der Waals surface area contributed by atoms with Gasteiger partial charge in [-0.3, -0.25) is 4.79 Å². The molecule has 1 N–H and O–H groups in total. The van der Waals surface area contributed by atoms with Crippen molar-refractivity contribution in [1.82, 2.24) is 5.43 Å². The highest BCUT2D eigenvalue weighted by molar-refractivity contribution is 6.30. The van der Waals surface area contributed by atoms with E-state index >= 15 is 0 Å². The molecule has 1 atom stereocenters. The zero-order valence-corrected chi connectivity index (χ0v) is 12.4. The first-order valence-electron chi connectivity index (χ1n) is 6.86. The third-order valence-corrected chi connectivity index (χ3v) is 3.90. The molecular formula is C17H15ClN2O. The number of hydrogen-bond acceptors (Lipinski definition) is 2. The van der Waals surface area contributed by atoms with E-state index in [1.54, 1.807) is 0 Å². The molecule has 2 aromatic rings. The van der Waals surface area contributed by atoms with Crippen LogP contribution in [0.25, 0.3) is 11.1 Å². The summed E-state index contributed by atoms with van der Waals surface area (Å²) in [7, 11) is 0. The van der Waals surface area contributed by atoms with E-state index < -0.39 is 0 Å². The van der Waals surface area contributed by atoms with Gasteiger partial charge in [0.15, 0.2) is 0 Å². The van der Waals surface area contributed by atoms with Gasteiger partial charge in [-0.15, -0.1) is 0 Å². The van der Waals surface area contributed by atoms with Crippen LogP contribution in [0, 0.1) is 5.92 Å².